The molecule has 0 heterocycles. The number of hydrogen-bond donors (Lipinski definition) is 1. The van der Waals surface area contributed by atoms with Gasteiger partial charge in [0.2, 0.25) is 0 Å². The Morgan fingerprint density at radius 3 is 2.71 bits per heavy atom. The standard InChI is InChI=1S/C16H23N/c1-3-17-15(16(2)9-10-16)14-8-7-12-5-4-6-13(12)11-14/h7-8,11,15,17H,3-6,9-10H2,1-2H3. The van der Waals surface area contributed by atoms with Crippen molar-refractivity contribution in [3.63, 3.8) is 0 Å². The Labute approximate surface area is 105 Å². The third kappa shape index (κ3) is 2.01. The molecule has 1 unspecified atom stereocenters. The smallest absolute Gasteiger partial charge is 0.0374 e. The molecule has 0 aliphatic heterocycles. The van der Waals surface area contributed by atoms with Crippen LogP contribution in [0.25, 0.3) is 0 Å². The molecule has 0 amide bonds. The molecule has 3 rings (SSSR count). The Hall–Kier alpha value is -0.820. The fourth-order valence-corrected chi connectivity index (χ4v) is 3.23. The van der Waals surface area contributed by atoms with Crippen LogP contribution in [0.1, 0.15) is 55.8 Å². The van der Waals surface area contributed by atoms with Gasteiger partial charge in [-0.1, -0.05) is 32.0 Å². The Bertz CT molecular complexity index is 418. The first-order chi connectivity index (χ1) is 8.23. The van der Waals surface area contributed by atoms with Gasteiger partial charge in [-0.2, -0.15) is 0 Å². The van der Waals surface area contributed by atoms with E-state index in [0.717, 1.165) is 6.54 Å². The molecule has 0 bridgehead atoms. The predicted molar refractivity (Wildman–Crippen MR) is 72.2 cm³/mol. The summed E-state index contributed by atoms with van der Waals surface area (Å²) in [6.07, 6.45) is 6.68. The summed E-state index contributed by atoms with van der Waals surface area (Å²) in [5, 5.41) is 3.69. The second-order valence-corrected chi connectivity index (χ2v) is 6.03. The van der Waals surface area contributed by atoms with Gasteiger partial charge < -0.3 is 5.32 Å². The van der Waals surface area contributed by atoms with Gasteiger partial charge in [0.1, 0.15) is 0 Å². The fraction of sp³-hybridized carbons (Fsp3) is 0.625. The lowest BCUT2D eigenvalue weighted by atomic mass is 9.90. The van der Waals surface area contributed by atoms with Crippen LogP contribution in [-0.4, -0.2) is 6.54 Å². The molecule has 0 radical (unpaired) electrons. The van der Waals surface area contributed by atoms with Crippen LogP contribution in [0.15, 0.2) is 18.2 Å². The third-order valence-electron chi connectivity index (χ3n) is 4.60. The first kappa shape index (κ1) is 11.3. The van der Waals surface area contributed by atoms with E-state index in [-0.39, 0.29) is 0 Å². The van der Waals surface area contributed by atoms with Gasteiger partial charge in [0.15, 0.2) is 0 Å². The average molecular weight is 229 g/mol. The van der Waals surface area contributed by atoms with Crippen molar-refractivity contribution in [2.75, 3.05) is 6.54 Å². The number of rotatable bonds is 4. The number of aryl methyl sites for hydroxylation is 2. The van der Waals surface area contributed by atoms with Crippen molar-refractivity contribution in [3.05, 3.63) is 34.9 Å². The number of fused-ring (bicyclic) bond motifs is 1. The van der Waals surface area contributed by atoms with Crippen molar-refractivity contribution in [1.82, 2.24) is 5.32 Å². The van der Waals surface area contributed by atoms with Crippen molar-refractivity contribution in [2.45, 2.75) is 52.0 Å². The Morgan fingerprint density at radius 1 is 1.24 bits per heavy atom. The van der Waals surface area contributed by atoms with Crippen LogP contribution in [0, 0.1) is 5.41 Å². The van der Waals surface area contributed by atoms with E-state index in [9.17, 15) is 0 Å². The lowest BCUT2D eigenvalue weighted by Crippen LogP contribution is -2.27. The predicted octanol–water partition coefficient (Wildman–Crippen LogP) is 3.63. The highest BCUT2D eigenvalue weighted by Gasteiger charge is 2.45. The van der Waals surface area contributed by atoms with E-state index in [1.807, 2.05) is 0 Å². The topological polar surface area (TPSA) is 12.0 Å². The van der Waals surface area contributed by atoms with E-state index in [2.05, 4.69) is 37.4 Å². The van der Waals surface area contributed by atoms with E-state index in [1.54, 1.807) is 11.1 Å². The highest BCUT2D eigenvalue weighted by atomic mass is 14.9. The summed E-state index contributed by atoms with van der Waals surface area (Å²) in [5.74, 6) is 0. The van der Waals surface area contributed by atoms with Gasteiger partial charge in [0.25, 0.3) is 0 Å². The summed E-state index contributed by atoms with van der Waals surface area (Å²) in [7, 11) is 0. The van der Waals surface area contributed by atoms with Gasteiger partial charge >= 0.3 is 0 Å². The molecular formula is C16H23N. The first-order valence-corrected chi connectivity index (χ1v) is 7.08. The minimum absolute atomic E-state index is 0.517. The average Bonchev–Trinajstić information content (AvgIpc) is 2.92. The van der Waals surface area contributed by atoms with Crippen LogP contribution in [0.2, 0.25) is 0 Å². The van der Waals surface area contributed by atoms with Gasteiger partial charge in [0, 0.05) is 6.04 Å². The molecule has 1 fully saturated rings. The Balaban J connectivity index is 1.90. The van der Waals surface area contributed by atoms with Crippen molar-refractivity contribution in [2.24, 2.45) is 5.41 Å². The zero-order chi connectivity index (χ0) is 11.9. The molecule has 0 spiro atoms. The van der Waals surface area contributed by atoms with Crippen LogP contribution in [0.5, 0.6) is 0 Å². The normalized spacial score (nSPS) is 22.2. The van der Waals surface area contributed by atoms with Gasteiger partial charge in [-0.25, -0.2) is 0 Å². The third-order valence-corrected chi connectivity index (χ3v) is 4.60. The number of hydrogen-bond acceptors (Lipinski definition) is 1. The lowest BCUT2D eigenvalue weighted by Gasteiger charge is -2.25. The number of nitrogens with one attached hydrogen (secondary N) is 1. The zero-order valence-electron chi connectivity index (χ0n) is 11.1. The summed E-state index contributed by atoms with van der Waals surface area (Å²) in [4.78, 5) is 0. The SMILES string of the molecule is CCNC(c1ccc2c(c1)CCC2)C1(C)CC1. The highest BCUT2D eigenvalue weighted by Crippen LogP contribution is 2.54. The highest BCUT2D eigenvalue weighted by molar-refractivity contribution is 5.37. The van der Waals surface area contributed by atoms with E-state index in [4.69, 9.17) is 0 Å². The summed E-state index contributed by atoms with van der Waals surface area (Å²) in [5.41, 5.74) is 5.23. The molecule has 0 saturated heterocycles. The van der Waals surface area contributed by atoms with E-state index >= 15 is 0 Å². The van der Waals surface area contributed by atoms with E-state index in [1.165, 1.54) is 37.7 Å². The van der Waals surface area contributed by atoms with Gasteiger partial charge in [-0.15, -0.1) is 0 Å². The maximum atomic E-state index is 3.69. The van der Waals surface area contributed by atoms with Crippen molar-refractivity contribution < 1.29 is 0 Å². The zero-order valence-corrected chi connectivity index (χ0v) is 11.1. The minimum Gasteiger partial charge on any atom is -0.310 e. The quantitative estimate of drug-likeness (QED) is 0.831. The molecular weight excluding hydrogens is 206 g/mol. The van der Waals surface area contributed by atoms with Gasteiger partial charge in [-0.3, -0.25) is 0 Å². The molecule has 1 heteroatoms. The Morgan fingerprint density at radius 2 is 2.00 bits per heavy atom. The minimum atomic E-state index is 0.517. The molecule has 1 N–H and O–H groups in total. The van der Waals surface area contributed by atoms with Crippen molar-refractivity contribution >= 4 is 0 Å². The molecule has 0 aromatic heterocycles. The first-order valence-electron chi connectivity index (χ1n) is 7.08. The summed E-state index contributed by atoms with van der Waals surface area (Å²) < 4.78 is 0. The molecule has 2 aliphatic carbocycles. The molecule has 1 saturated carbocycles. The van der Waals surface area contributed by atoms with Crippen molar-refractivity contribution in [1.29, 1.82) is 0 Å². The summed E-state index contributed by atoms with van der Waals surface area (Å²) in [6, 6.07) is 7.77. The summed E-state index contributed by atoms with van der Waals surface area (Å²) in [6.45, 7) is 5.71. The van der Waals surface area contributed by atoms with E-state index < -0.39 is 0 Å². The second-order valence-electron chi connectivity index (χ2n) is 6.03. The van der Waals surface area contributed by atoms with Gasteiger partial charge in [0.05, 0.1) is 0 Å². The van der Waals surface area contributed by atoms with Crippen molar-refractivity contribution in [3.8, 4) is 0 Å². The molecule has 1 nitrogen and oxygen atoms in total. The van der Waals surface area contributed by atoms with Crippen LogP contribution in [0.3, 0.4) is 0 Å². The molecule has 1 aromatic carbocycles. The molecule has 1 aromatic rings. The van der Waals surface area contributed by atoms with Crippen LogP contribution >= 0.6 is 0 Å². The molecule has 92 valence electrons. The lowest BCUT2D eigenvalue weighted by molar-refractivity contribution is 0.373. The van der Waals surface area contributed by atoms with Crippen LogP contribution < -0.4 is 5.32 Å². The Kier molecular flexibility index (Phi) is 2.74. The number of benzene rings is 1. The fourth-order valence-electron chi connectivity index (χ4n) is 3.23. The van der Waals surface area contributed by atoms with E-state index in [0.29, 0.717) is 11.5 Å². The maximum absolute atomic E-state index is 3.69. The molecule has 1 atom stereocenters. The second kappa shape index (κ2) is 4.13. The molecule has 17 heavy (non-hydrogen) atoms. The summed E-state index contributed by atoms with van der Waals surface area (Å²) >= 11 is 0. The van der Waals surface area contributed by atoms with Crippen LogP contribution in [0.4, 0.5) is 0 Å². The largest absolute Gasteiger partial charge is 0.310 e. The maximum Gasteiger partial charge on any atom is 0.0374 e. The van der Waals surface area contributed by atoms with Gasteiger partial charge in [-0.05, 0) is 60.8 Å². The monoisotopic (exact) mass is 229 g/mol. The molecule has 2 aliphatic rings. The van der Waals surface area contributed by atoms with Crippen LogP contribution in [-0.2, 0) is 12.8 Å².